The van der Waals surface area contributed by atoms with Crippen LogP contribution in [0.15, 0.2) is 18.2 Å². The zero-order chi connectivity index (χ0) is 11.3. The molecular weight excluding hydrogens is 212 g/mol. The summed E-state index contributed by atoms with van der Waals surface area (Å²) >= 11 is 0. The summed E-state index contributed by atoms with van der Waals surface area (Å²) in [6, 6.07) is 2.36. The van der Waals surface area contributed by atoms with Crippen molar-refractivity contribution in [2.24, 2.45) is 0 Å². The SMILES string of the molecule is OC1(c2ccc(F)cc2C(F)(F)F)CC1. The molecule has 82 valence electrons. The third-order valence-corrected chi connectivity index (χ3v) is 2.51. The van der Waals surface area contributed by atoms with Crippen LogP contribution in [0.1, 0.15) is 24.0 Å². The van der Waals surface area contributed by atoms with E-state index in [0.717, 1.165) is 12.1 Å². The fourth-order valence-corrected chi connectivity index (χ4v) is 1.54. The molecule has 1 nitrogen and oxygen atoms in total. The molecule has 0 heterocycles. The van der Waals surface area contributed by atoms with Crippen molar-refractivity contribution in [1.82, 2.24) is 0 Å². The van der Waals surface area contributed by atoms with Crippen molar-refractivity contribution in [2.45, 2.75) is 24.6 Å². The minimum absolute atomic E-state index is 0.226. The lowest BCUT2D eigenvalue weighted by molar-refractivity contribution is -0.139. The first-order chi connectivity index (χ1) is 6.83. The molecule has 5 heteroatoms. The van der Waals surface area contributed by atoms with Gasteiger partial charge < -0.3 is 5.11 Å². The predicted molar refractivity (Wildman–Crippen MR) is 44.5 cm³/mol. The summed E-state index contributed by atoms with van der Waals surface area (Å²) in [7, 11) is 0. The topological polar surface area (TPSA) is 20.2 Å². The van der Waals surface area contributed by atoms with Crippen LogP contribution < -0.4 is 0 Å². The molecule has 0 unspecified atom stereocenters. The van der Waals surface area contributed by atoms with Gasteiger partial charge in [0.05, 0.1) is 11.2 Å². The summed E-state index contributed by atoms with van der Waals surface area (Å²) in [5.41, 5.74) is -2.71. The van der Waals surface area contributed by atoms with E-state index in [-0.39, 0.29) is 5.56 Å². The van der Waals surface area contributed by atoms with Crippen molar-refractivity contribution in [3.63, 3.8) is 0 Å². The molecule has 0 aliphatic heterocycles. The standard InChI is InChI=1S/C10H8F4O/c11-6-1-2-7(9(15)3-4-9)8(5-6)10(12,13)14/h1-2,5,15H,3-4H2. The molecule has 15 heavy (non-hydrogen) atoms. The van der Waals surface area contributed by atoms with E-state index in [9.17, 15) is 22.7 Å². The normalized spacial score (nSPS) is 19.0. The number of alkyl halides is 3. The largest absolute Gasteiger partial charge is 0.416 e. The van der Waals surface area contributed by atoms with Gasteiger partial charge in [0, 0.05) is 0 Å². The molecule has 2 rings (SSSR count). The van der Waals surface area contributed by atoms with E-state index in [4.69, 9.17) is 0 Å². The number of halogens is 4. The van der Waals surface area contributed by atoms with Gasteiger partial charge in [-0.05, 0) is 30.5 Å². The first-order valence-electron chi connectivity index (χ1n) is 4.42. The van der Waals surface area contributed by atoms with Crippen LogP contribution in [-0.4, -0.2) is 5.11 Å². The van der Waals surface area contributed by atoms with Crippen LogP contribution in [0.3, 0.4) is 0 Å². The number of benzene rings is 1. The molecule has 1 saturated carbocycles. The van der Waals surface area contributed by atoms with Crippen LogP contribution in [0.5, 0.6) is 0 Å². The summed E-state index contributed by atoms with van der Waals surface area (Å²) in [5.74, 6) is -0.949. The Labute approximate surface area is 83.3 Å². The smallest absolute Gasteiger partial charge is 0.385 e. The number of hydrogen-bond donors (Lipinski definition) is 1. The Bertz CT molecular complexity index is 393. The minimum Gasteiger partial charge on any atom is -0.385 e. The molecule has 1 N–H and O–H groups in total. The molecule has 1 aliphatic rings. The lowest BCUT2D eigenvalue weighted by atomic mass is 10.00. The highest BCUT2D eigenvalue weighted by Crippen LogP contribution is 2.49. The third-order valence-electron chi connectivity index (χ3n) is 2.51. The molecule has 0 aromatic heterocycles. The van der Waals surface area contributed by atoms with Crippen LogP contribution >= 0.6 is 0 Å². The van der Waals surface area contributed by atoms with Crippen LogP contribution in [-0.2, 0) is 11.8 Å². The summed E-state index contributed by atoms with van der Waals surface area (Å²) < 4.78 is 50.2. The van der Waals surface area contributed by atoms with E-state index in [1.165, 1.54) is 0 Å². The van der Waals surface area contributed by atoms with E-state index in [2.05, 4.69) is 0 Å². The molecule has 0 amide bonds. The highest BCUT2D eigenvalue weighted by Gasteiger charge is 2.48. The Morgan fingerprint density at radius 1 is 1.20 bits per heavy atom. The number of aliphatic hydroxyl groups is 1. The molecule has 0 radical (unpaired) electrons. The van der Waals surface area contributed by atoms with Crippen LogP contribution in [0.25, 0.3) is 0 Å². The van der Waals surface area contributed by atoms with Gasteiger partial charge in [0.25, 0.3) is 0 Å². The fraction of sp³-hybridized carbons (Fsp3) is 0.400. The summed E-state index contributed by atoms with van der Waals surface area (Å²) in [5, 5.41) is 9.61. The van der Waals surface area contributed by atoms with Gasteiger partial charge in [-0.15, -0.1) is 0 Å². The van der Waals surface area contributed by atoms with E-state index in [1.54, 1.807) is 0 Å². The van der Waals surface area contributed by atoms with Gasteiger partial charge in [-0.2, -0.15) is 13.2 Å². The molecule has 1 fully saturated rings. The second-order valence-corrected chi connectivity index (χ2v) is 3.72. The van der Waals surface area contributed by atoms with E-state index in [0.29, 0.717) is 18.9 Å². The average Bonchev–Trinajstić information content (AvgIpc) is 2.83. The van der Waals surface area contributed by atoms with Gasteiger partial charge in [0.2, 0.25) is 0 Å². The lowest BCUT2D eigenvalue weighted by Gasteiger charge is -2.16. The average molecular weight is 220 g/mol. The maximum Gasteiger partial charge on any atom is 0.416 e. The van der Waals surface area contributed by atoms with Crippen molar-refractivity contribution in [3.8, 4) is 0 Å². The van der Waals surface area contributed by atoms with Crippen molar-refractivity contribution >= 4 is 0 Å². The van der Waals surface area contributed by atoms with Gasteiger partial charge in [0.1, 0.15) is 5.82 Å². The zero-order valence-electron chi connectivity index (χ0n) is 7.61. The molecule has 0 bridgehead atoms. The summed E-state index contributed by atoms with van der Waals surface area (Å²) in [4.78, 5) is 0. The highest BCUT2D eigenvalue weighted by atomic mass is 19.4. The molecule has 1 aliphatic carbocycles. The first kappa shape index (κ1) is 10.4. The van der Waals surface area contributed by atoms with Crippen LogP contribution in [0.4, 0.5) is 17.6 Å². The van der Waals surface area contributed by atoms with Crippen molar-refractivity contribution in [3.05, 3.63) is 35.1 Å². The molecule has 1 aromatic carbocycles. The molecule has 0 atom stereocenters. The Balaban J connectivity index is 2.55. The Morgan fingerprint density at radius 3 is 2.27 bits per heavy atom. The summed E-state index contributed by atoms with van der Waals surface area (Å²) in [6.07, 6.45) is -4.04. The van der Waals surface area contributed by atoms with Crippen molar-refractivity contribution in [2.75, 3.05) is 0 Å². The Kier molecular flexibility index (Phi) is 2.05. The minimum atomic E-state index is -4.63. The van der Waals surface area contributed by atoms with E-state index < -0.39 is 23.2 Å². The van der Waals surface area contributed by atoms with Gasteiger partial charge in [0.15, 0.2) is 0 Å². The van der Waals surface area contributed by atoms with E-state index in [1.807, 2.05) is 0 Å². The quantitative estimate of drug-likeness (QED) is 0.721. The number of hydrogen-bond acceptors (Lipinski definition) is 1. The lowest BCUT2D eigenvalue weighted by Crippen LogP contribution is -2.16. The second kappa shape index (κ2) is 2.95. The molecule has 0 spiro atoms. The second-order valence-electron chi connectivity index (χ2n) is 3.72. The molecule has 1 aromatic rings. The third kappa shape index (κ3) is 1.84. The van der Waals surface area contributed by atoms with Crippen LogP contribution in [0, 0.1) is 5.82 Å². The maximum atomic E-state index is 12.7. The maximum absolute atomic E-state index is 12.7. The van der Waals surface area contributed by atoms with Gasteiger partial charge in [-0.1, -0.05) is 6.07 Å². The van der Waals surface area contributed by atoms with Crippen molar-refractivity contribution < 1.29 is 22.7 Å². The molecular formula is C10H8F4O. The Hall–Kier alpha value is -1.10. The van der Waals surface area contributed by atoms with Gasteiger partial charge in [-0.3, -0.25) is 0 Å². The highest BCUT2D eigenvalue weighted by molar-refractivity contribution is 5.38. The summed E-state index contributed by atoms with van der Waals surface area (Å²) in [6.45, 7) is 0. The van der Waals surface area contributed by atoms with Gasteiger partial charge >= 0.3 is 6.18 Å². The fourth-order valence-electron chi connectivity index (χ4n) is 1.54. The predicted octanol–water partition coefficient (Wildman–Crippen LogP) is 2.83. The monoisotopic (exact) mass is 220 g/mol. The Morgan fingerprint density at radius 2 is 1.80 bits per heavy atom. The van der Waals surface area contributed by atoms with Gasteiger partial charge in [-0.25, -0.2) is 4.39 Å². The van der Waals surface area contributed by atoms with Crippen LogP contribution in [0.2, 0.25) is 0 Å². The van der Waals surface area contributed by atoms with Crippen molar-refractivity contribution in [1.29, 1.82) is 0 Å². The zero-order valence-corrected chi connectivity index (χ0v) is 7.61. The first-order valence-corrected chi connectivity index (χ1v) is 4.42. The van der Waals surface area contributed by atoms with E-state index >= 15 is 0 Å². The molecule has 0 saturated heterocycles. The number of rotatable bonds is 1.